The summed E-state index contributed by atoms with van der Waals surface area (Å²) < 4.78 is 1.29. The van der Waals surface area contributed by atoms with Gasteiger partial charge in [0, 0.05) is 4.88 Å². The number of hydrogen-bond acceptors (Lipinski definition) is 4. The number of thiophene rings is 1. The fourth-order valence-corrected chi connectivity index (χ4v) is 4.89. The first-order chi connectivity index (χ1) is 11.2. The predicted octanol–water partition coefficient (Wildman–Crippen LogP) is 3.64. The van der Waals surface area contributed by atoms with Crippen molar-refractivity contribution in [1.29, 1.82) is 0 Å². The molecule has 0 saturated carbocycles. The number of carboxylic acids is 1. The monoisotopic (exact) mass is 348 g/mol. The van der Waals surface area contributed by atoms with Gasteiger partial charge in [-0.05, 0) is 42.6 Å². The Kier molecular flexibility index (Phi) is 4.28. The first-order valence-electron chi connectivity index (χ1n) is 8.48. The standard InChI is InChI=1S/C18H24N2O3S/c1-5-12(17(22)23)20-9-19-15-14(16(20)21)11-7-6-10(18(2,3)4)8-13(11)24-15/h9-10,12H,5-8H2,1-4H3,(H,22,23)/t10-,12-/m1/s1. The number of hydrogen-bond donors (Lipinski definition) is 1. The highest BCUT2D eigenvalue weighted by Gasteiger charge is 2.32. The van der Waals surface area contributed by atoms with E-state index in [4.69, 9.17) is 0 Å². The van der Waals surface area contributed by atoms with Crippen LogP contribution < -0.4 is 5.56 Å². The van der Waals surface area contributed by atoms with Gasteiger partial charge >= 0.3 is 5.97 Å². The number of nitrogens with zero attached hydrogens (tertiary/aromatic N) is 2. The smallest absolute Gasteiger partial charge is 0.326 e. The largest absolute Gasteiger partial charge is 0.480 e. The van der Waals surface area contributed by atoms with Gasteiger partial charge in [-0.1, -0.05) is 27.7 Å². The van der Waals surface area contributed by atoms with Gasteiger partial charge in [0.15, 0.2) is 0 Å². The Bertz CT molecular complexity index is 844. The van der Waals surface area contributed by atoms with E-state index >= 15 is 0 Å². The van der Waals surface area contributed by atoms with Crippen LogP contribution in [0.4, 0.5) is 0 Å². The molecule has 6 heteroatoms. The van der Waals surface area contributed by atoms with E-state index in [9.17, 15) is 14.7 Å². The van der Waals surface area contributed by atoms with E-state index in [1.165, 1.54) is 15.8 Å². The quantitative estimate of drug-likeness (QED) is 0.919. The van der Waals surface area contributed by atoms with Crippen LogP contribution in [0, 0.1) is 11.3 Å². The number of carbonyl (C=O) groups is 1. The number of rotatable bonds is 3. The molecular weight excluding hydrogens is 324 g/mol. The Balaban J connectivity index is 2.11. The van der Waals surface area contributed by atoms with Crippen molar-refractivity contribution in [3.8, 4) is 0 Å². The zero-order valence-electron chi connectivity index (χ0n) is 14.6. The van der Waals surface area contributed by atoms with Crippen molar-refractivity contribution in [2.45, 2.75) is 59.4 Å². The lowest BCUT2D eigenvalue weighted by Gasteiger charge is -2.33. The maximum atomic E-state index is 12.9. The van der Waals surface area contributed by atoms with Crippen molar-refractivity contribution >= 4 is 27.5 Å². The molecule has 0 saturated heterocycles. The Morgan fingerprint density at radius 1 is 1.50 bits per heavy atom. The van der Waals surface area contributed by atoms with Gasteiger partial charge in [-0.2, -0.15) is 0 Å². The third-order valence-electron chi connectivity index (χ3n) is 5.23. The van der Waals surface area contributed by atoms with Crippen molar-refractivity contribution in [1.82, 2.24) is 9.55 Å². The van der Waals surface area contributed by atoms with Crippen molar-refractivity contribution in [2.24, 2.45) is 11.3 Å². The van der Waals surface area contributed by atoms with E-state index in [1.807, 2.05) is 0 Å². The van der Waals surface area contributed by atoms with Crippen LogP contribution in [-0.4, -0.2) is 20.6 Å². The minimum atomic E-state index is -0.988. The van der Waals surface area contributed by atoms with Crippen LogP contribution in [0.3, 0.4) is 0 Å². The lowest BCUT2D eigenvalue weighted by molar-refractivity contribution is -0.141. The van der Waals surface area contributed by atoms with Gasteiger partial charge < -0.3 is 5.11 Å². The van der Waals surface area contributed by atoms with E-state index in [-0.39, 0.29) is 11.0 Å². The SMILES string of the molecule is CC[C@H](C(=O)O)n1cnc2sc3c(c2c1=O)CC[C@@H](C(C)(C)C)C3. The summed E-state index contributed by atoms with van der Waals surface area (Å²) in [5, 5.41) is 9.99. The van der Waals surface area contributed by atoms with E-state index < -0.39 is 12.0 Å². The van der Waals surface area contributed by atoms with Crippen LogP contribution >= 0.6 is 11.3 Å². The highest BCUT2D eigenvalue weighted by atomic mass is 32.1. The Morgan fingerprint density at radius 3 is 2.79 bits per heavy atom. The third-order valence-corrected chi connectivity index (χ3v) is 6.39. The fourth-order valence-electron chi connectivity index (χ4n) is 3.63. The summed E-state index contributed by atoms with van der Waals surface area (Å²) in [6.07, 6.45) is 4.68. The van der Waals surface area contributed by atoms with Crippen molar-refractivity contribution < 1.29 is 9.90 Å². The molecule has 24 heavy (non-hydrogen) atoms. The number of fused-ring (bicyclic) bond motifs is 3. The van der Waals surface area contributed by atoms with Gasteiger partial charge in [0.1, 0.15) is 10.9 Å². The minimum absolute atomic E-state index is 0.207. The lowest BCUT2D eigenvalue weighted by Crippen LogP contribution is -2.30. The maximum absolute atomic E-state index is 12.9. The minimum Gasteiger partial charge on any atom is -0.480 e. The van der Waals surface area contributed by atoms with Gasteiger partial charge in [-0.15, -0.1) is 11.3 Å². The zero-order valence-corrected chi connectivity index (χ0v) is 15.4. The van der Waals surface area contributed by atoms with Crippen molar-refractivity contribution in [3.05, 3.63) is 27.1 Å². The highest BCUT2D eigenvalue weighted by molar-refractivity contribution is 7.18. The fraction of sp³-hybridized carbons (Fsp3) is 0.611. The zero-order chi connectivity index (χ0) is 17.6. The van der Waals surface area contributed by atoms with Crippen molar-refractivity contribution in [2.75, 3.05) is 0 Å². The third kappa shape index (κ3) is 2.77. The molecule has 2 aromatic heterocycles. The molecule has 1 N–H and O–H groups in total. The summed E-state index contributed by atoms with van der Waals surface area (Å²) >= 11 is 1.60. The molecular formula is C18H24N2O3S. The second kappa shape index (κ2) is 5.99. The normalized spacial score (nSPS) is 19.2. The molecule has 0 bridgehead atoms. The number of aromatic nitrogens is 2. The van der Waals surface area contributed by atoms with Crippen molar-refractivity contribution in [3.63, 3.8) is 0 Å². The Hall–Kier alpha value is -1.69. The second-order valence-corrected chi connectivity index (χ2v) is 8.79. The highest BCUT2D eigenvalue weighted by Crippen LogP contribution is 2.42. The van der Waals surface area contributed by atoms with Crippen LogP contribution in [-0.2, 0) is 17.6 Å². The van der Waals surface area contributed by atoms with Gasteiger partial charge in [-0.3, -0.25) is 9.36 Å². The number of carboxylic acid groups (broad SMARTS) is 1. The van der Waals surface area contributed by atoms with Crippen LogP contribution in [0.15, 0.2) is 11.1 Å². The molecule has 5 nitrogen and oxygen atoms in total. The summed E-state index contributed by atoms with van der Waals surface area (Å²) in [6, 6.07) is -0.851. The van der Waals surface area contributed by atoms with E-state index in [0.29, 0.717) is 17.7 Å². The van der Waals surface area contributed by atoms with Gasteiger partial charge in [0.25, 0.3) is 5.56 Å². The second-order valence-electron chi connectivity index (χ2n) is 7.71. The molecule has 0 unspecified atom stereocenters. The van der Waals surface area contributed by atoms with Gasteiger partial charge in [0.05, 0.1) is 11.7 Å². The first kappa shape index (κ1) is 17.1. The molecule has 2 atom stereocenters. The summed E-state index contributed by atoms with van der Waals surface area (Å²) in [5.74, 6) is -0.389. The summed E-state index contributed by atoms with van der Waals surface area (Å²) in [4.78, 5) is 30.7. The van der Waals surface area contributed by atoms with E-state index in [1.54, 1.807) is 18.3 Å². The maximum Gasteiger partial charge on any atom is 0.326 e. The van der Waals surface area contributed by atoms with Crippen LogP contribution in [0.25, 0.3) is 10.2 Å². The lowest BCUT2D eigenvalue weighted by atomic mass is 9.72. The summed E-state index contributed by atoms with van der Waals surface area (Å²) in [7, 11) is 0. The van der Waals surface area contributed by atoms with Crippen LogP contribution in [0.5, 0.6) is 0 Å². The van der Waals surface area contributed by atoms with Crippen LogP contribution in [0.2, 0.25) is 0 Å². The van der Waals surface area contributed by atoms with Gasteiger partial charge in [-0.25, -0.2) is 9.78 Å². The molecule has 2 aromatic rings. The average molecular weight is 348 g/mol. The predicted molar refractivity (Wildman–Crippen MR) is 95.8 cm³/mol. The summed E-state index contributed by atoms with van der Waals surface area (Å²) in [6.45, 7) is 8.56. The number of aliphatic carboxylic acids is 1. The molecule has 0 fully saturated rings. The molecule has 1 aliphatic rings. The van der Waals surface area contributed by atoms with E-state index in [0.717, 1.165) is 29.7 Å². The average Bonchev–Trinajstić information content (AvgIpc) is 2.87. The summed E-state index contributed by atoms with van der Waals surface area (Å²) in [5.41, 5.74) is 1.14. The molecule has 0 aromatic carbocycles. The van der Waals surface area contributed by atoms with Gasteiger partial charge in [0.2, 0.25) is 0 Å². The molecule has 130 valence electrons. The molecule has 1 aliphatic carbocycles. The molecule has 0 aliphatic heterocycles. The topological polar surface area (TPSA) is 72.2 Å². The number of aryl methyl sites for hydroxylation is 1. The first-order valence-corrected chi connectivity index (χ1v) is 9.29. The molecule has 0 amide bonds. The molecule has 2 heterocycles. The molecule has 0 radical (unpaired) electrons. The molecule has 3 rings (SSSR count). The Morgan fingerprint density at radius 2 is 2.21 bits per heavy atom. The van der Waals surface area contributed by atoms with Crippen LogP contribution in [0.1, 0.15) is 57.0 Å². The molecule has 0 spiro atoms. The Labute approximate surface area is 145 Å². The van der Waals surface area contributed by atoms with E-state index in [2.05, 4.69) is 25.8 Å².